The van der Waals surface area contributed by atoms with Crippen molar-refractivity contribution in [1.82, 2.24) is 13.7 Å². The van der Waals surface area contributed by atoms with Gasteiger partial charge in [-0.05, 0) is 232 Å². The molecule has 0 spiro atoms. The number of aryl methyl sites for hydroxylation is 1. The molecule has 0 saturated carbocycles. The molecule has 0 bridgehead atoms. The van der Waals surface area contributed by atoms with E-state index in [4.69, 9.17) is 0 Å². The summed E-state index contributed by atoms with van der Waals surface area (Å²) in [6.07, 6.45) is 2.01. The highest BCUT2D eigenvalue weighted by molar-refractivity contribution is 8.00. The number of nitrogens with zero attached hydrogens (tertiary/aromatic N) is 3. The van der Waals surface area contributed by atoms with Gasteiger partial charge in [0.15, 0.2) is 0 Å². The first kappa shape index (κ1) is 63.5. The van der Waals surface area contributed by atoms with E-state index in [1.165, 1.54) is 218 Å². The Morgan fingerprint density at radius 3 is 1.32 bits per heavy atom. The lowest BCUT2D eigenvalue weighted by molar-refractivity contribution is 0.729. The maximum atomic E-state index is 2.51. The van der Waals surface area contributed by atoms with Crippen LogP contribution in [0.25, 0.3) is 193 Å². The lowest BCUT2D eigenvalue weighted by atomic mass is 9.89. The molecular formula is C107H67N3S2. The third-order valence-corrected chi connectivity index (χ3v) is 26.6. The van der Waals surface area contributed by atoms with Gasteiger partial charge in [0.05, 0.1) is 33.1 Å². The van der Waals surface area contributed by atoms with Crippen LogP contribution in [0.4, 0.5) is 0 Å². The predicted molar refractivity (Wildman–Crippen MR) is 473 cm³/mol. The molecule has 2 aliphatic heterocycles. The molecule has 18 aromatic carbocycles. The first-order chi connectivity index (χ1) is 55.5. The lowest BCUT2D eigenvalue weighted by Crippen LogP contribution is -1.99. The number of para-hydroxylation sites is 4. The van der Waals surface area contributed by atoms with Gasteiger partial charge in [-0.25, -0.2) is 0 Å². The van der Waals surface area contributed by atoms with E-state index in [1.54, 1.807) is 0 Å². The second-order valence-electron chi connectivity index (χ2n) is 30.5. The largest absolute Gasteiger partial charge is 0.309 e. The second-order valence-corrected chi connectivity index (χ2v) is 32.6. The minimum atomic E-state index is 0.304. The Morgan fingerprint density at radius 1 is 0.205 bits per heavy atom. The maximum absolute atomic E-state index is 2.51. The summed E-state index contributed by atoms with van der Waals surface area (Å²) in [5.74, 6) is 0.304. The molecule has 0 radical (unpaired) electrons. The van der Waals surface area contributed by atoms with Gasteiger partial charge in [0, 0.05) is 85.7 Å². The van der Waals surface area contributed by atoms with E-state index in [9.17, 15) is 0 Å². The molecule has 1 aliphatic carbocycles. The molecule has 112 heavy (non-hydrogen) atoms. The number of fused-ring (bicyclic) bond motifs is 18. The van der Waals surface area contributed by atoms with Crippen molar-refractivity contribution in [2.24, 2.45) is 0 Å². The highest BCUT2D eigenvalue weighted by Crippen LogP contribution is 2.56. The van der Waals surface area contributed by atoms with Crippen molar-refractivity contribution < 1.29 is 0 Å². The smallest absolute Gasteiger partial charge is 0.0558 e. The van der Waals surface area contributed by atoms with E-state index in [2.05, 4.69) is 390 Å². The van der Waals surface area contributed by atoms with Crippen molar-refractivity contribution in [3.8, 4) is 106 Å². The molecular weight excluding hydrogens is 1390 g/mol. The van der Waals surface area contributed by atoms with Crippen LogP contribution in [0.5, 0.6) is 0 Å². The second kappa shape index (κ2) is 25.1. The van der Waals surface area contributed by atoms with Crippen molar-refractivity contribution in [3.63, 3.8) is 0 Å². The number of hydrogen-bond donors (Lipinski definition) is 0. The molecule has 3 nitrogen and oxygen atoms in total. The zero-order chi connectivity index (χ0) is 73.2. The van der Waals surface area contributed by atoms with Crippen LogP contribution in [0.15, 0.2) is 396 Å². The number of aromatic nitrogens is 3. The van der Waals surface area contributed by atoms with Gasteiger partial charge >= 0.3 is 0 Å². The Morgan fingerprint density at radius 2 is 0.634 bits per heavy atom. The van der Waals surface area contributed by atoms with Gasteiger partial charge in [-0.3, -0.25) is 0 Å². The zero-order valence-corrected chi connectivity index (χ0v) is 62.6. The van der Waals surface area contributed by atoms with E-state index < -0.39 is 0 Å². The fraction of sp³-hybridized carbons (Fsp3) is 0.0280. The molecule has 0 amide bonds. The molecule has 5 heteroatoms. The predicted octanol–water partition coefficient (Wildman–Crippen LogP) is 29.6. The molecule has 0 fully saturated rings. The summed E-state index contributed by atoms with van der Waals surface area (Å²) in [6, 6.07) is 141. The van der Waals surface area contributed by atoms with E-state index in [0.29, 0.717) is 5.92 Å². The third kappa shape index (κ3) is 9.83. The van der Waals surface area contributed by atoms with Crippen LogP contribution in [0, 0.1) is 0 Å². The Labute approximate surface area is 656 Å². The summed E-state index contributed by atoms with van der Waals surface area (Å²) in [7, 11) is 0. The molecule has 0 saturated heterocycles. The average Bonchev–Trinajstić information content (AvgIpc) is 1.50. The minimum absolute atomic E-state index is 0.304. The van der Waals surface area contributed by atoms with Crippen molar-refractivity contribution in [2.75, 3.05) is 0 Å². The van der Waals surface area contributed by atoms with E-state index in [-0.39, 0.29) is 0 Å². The summed E-state index contributed by atoms with van der Waals surface area (Å²) in [5.41, 5.74) is 35.0. The van der Waals surface area contributed by atoms with Gasteiger partial charge in [-0.2, -0.15) is 0 Å². The third-order valence-electron chi connectivity index (χ3n) is 24.4. The molecule has 0 N–H and O–H groups in total. The Bertz CT molecular complexity index is 7550. The van der Waals surface area contributed by atoms with Crippen LogP contribution in [-0.2, 0) is 6.42 Å². The van der Waals surface area contributed by atoms with Gasteiger partial charge in [0.1, 0.15) is 0 Å². The fourth-order valence-electron chi connectivity index (χ4n) is 19.3. The molecule has 1 atom stereocenters. The van der Waals surface area contributed by atoms with Crippen LogP contribution >= 0.6 is 23.5 Å². The van der Waals surface area contributed by atoms with Crippen molar-refractivity contribution >= 4 is 110 Å². The summed E-state index contributed by atoms with van der Waals surface area (Å²) in [5, 5.41) is 12.9. The summed E-state index contributed by atoms with van der Waals surface area (Å²) in [4.78, 5) is 5.15. The van der Waals surface area contributed by atoms with Crippen molar-refractivity contribution in [2.45, 2.75) is 38.3 Å². The minimum Gasteiger partial charge on any atom is -0.309 e. The van der Waals surface area contributed by atoms with Gasteiger partial charge in [0.25, 0.3) is 0 Å². The maximum Gasteiger partial charge on any atom is 0.0558 e. The standard InChI is InChI=1S/C107H67N3S2/c1-4-20-66(21-5-1)71-49-55-96-93(59-71)83-32-12-14-38-94(83)110(96)78-29-17-24-70(57-78)75-47-53-85-87-35-19-37-91-105-89-54-48-73(60-97(89)109(77-27-8-3-9-28-77)99(105)64-103(107(87)91)112-101(85)62-75)69-23-16-22-68(56-69)72-45-51-82-81(79-30-10-11-31-80(79)92(82)58-72)50-42-65-40-43-67(44-41-65)74-46-52-84-86-34-18-36-90-104-88-33-13-15-39-95(88)108(76-25-6-2-7-26-76)98(104)63-102(106(86)90)111-100(84)61-74/h1-41,43-49,51-64,81H,42,50H2. The Kier molecular flexibility index (Phi) is 14.2. The molecule has 21 aromatic rings. The zero-order valence-electron chi connectivity index (χ0n) is 60.9. The van der Waals surface area contributed by atoms with E-state index in [1.807, 2.05) is 23.5 Å². The van der Waals surface area contributed by atoms with E-state index >= 15 is 0 Å². The summed E-state index contributed by atoms with van der Waals surface area (Å²) < 4.78 is 7.39. The first-order valence-corrected chi connectivity index (χ1v) is 40.6. The highest BCUT2D eigenvalue weighted by Gasteiger charge is 2.31. The topological polar surface area (TPSA) is 14.8 Å². The summed E-state index contributed by atoms with van der Waals surface area (Å²) >= 11 is 3.82. The Balaban J connectivity index is 0.516. The summed E-state index contributed by atoms with van der Waals surface area (Å²) in [6.45, 7) is 0. The van der Waals surface area contributed by atoms with Gasteiger partial charge in [-0.1, -0.05) is 297 Å². The Hall–Kier alpha value is -13.4. The average molecular weight is 1460 g/mol. The van der Waals surface area contributed by atoms with Crippen LogP contribution in [0.3, 0.4) is 0 Å². The van der Waals surface area contributed by atoms with Gasteiger partial charge in [0.2, 0.25) is 0 Å². The van der Waals surface area contributed by atoms with Gasteiger partial charge < -0.3 is 13.7 Å². The molecule has 5 heterocycles. The quantitative estimate of drug-likeness (QED) is 0.128. The number of benzene rings is 18. The van der Waals surface area contributed by atoms with Crippen LogP contribution in [0.2, 0.25) is 0 Å². The highest BCUT2D eigenvalue weighted by atomic mass is 32.2. The van der Waals surface area contributed by atoms with Crippen LogP contribution in [0.1, 0.15) is 29.0 Å². The van der Waals surface area contributed by atoms with Crippen LogP contribution in [-0.4, -0.2) is 13.7 Å². The normalized spacial score (nSPS) is 13.3. The monoisotopic (exact) mass is 1460 g/mol. The molecule has 3 aromatic heterocycles. The lowest BCUT2D eigenvalue weighted by Gasteiger charge is -2.22. The first-order valence-electron chi connectivity index (χ1n) is 38.9. The van der Waals surface area contributed by atoms with E-state index in [0.717, 1.165) is 24.2 Å². The van der Waals surface area contributed by atoms with Crippen LogP contribution < -0.4 is 0 Å². The molecule has 3 aliphatic rings. The van der Waals surface area contributed by atoms with Crippen molar-refractivity contribution in [1.29, 1.82) is 0 Å². The number of rotatable bonds is 11. The number of hydrogen-bond acceptors (Lipinski definition) is 2. The molecule has 24 rings (SSSR count). The SMILES string of the molecule is c1ccc(-c2ccc3c(c2)c2ccccc2n3-c2cccc(-c3ccc4c(c3)Sc3cc5c(c6cccc-4c36)c3ccc(-c4cccc(-c6ccc7c(c6)-c6ccccc6C7CCc6ccc(-c7ccc8c(c7)Sc7cc9c(c%10cccc-8c7%10)c7ccccc7n9-c7ccccc7)cc6)c4)cc3n5-c3ccccc3)c2)cc1. The fourth-order valence-corrected chi connectivity index (χ4v) is 21.7. The molecule has 522 valence electrons. The van der Waals surface area contributed by atoms with Gasteiger partial charge in [-0.15, -0.1) is 0 Å². The van der Waals surface area contributed by atoms with Crippen molar-refractivity contribution in [3.05, 3.63) is 393 Å². The molecule has 1 unspecified atom stereocenters.